The minimum absolute atomic E-state index is 0.0131. The zero-order chi connectivity index (χ0) is 25.7. The molecule has 1 saturated heterocycles. The number of rotatable bonds is 10. The number of hydrogen-bond donors (Lipinski definition) is 1. The number of carbonyl (C=O) groups excluding carboxylic acids is 2. The van der Waals surface area contributed by atoms with Crippen molar-refractivity contribution >= 4 is 11.9 Å². The van der Waals surface area contributed by atoms with E-state index in [1.807, 2.05) is 6.92 Å². The van der Waals surface area contributed by atoms with Crippen LogP contribution in [0.2, 0.25) is 0 Å². The Bertz CT molecular complexity index is 1060. The van der Waals surface area contributed by atoms with Crippen LogP contribution in [0.5, 0.6) is 5.75 Å². The van der Waals surface area contributed by atoms with Crippen molar-refractivity contribution in [3.05, 3.63) is 42.0 Å². The number of piperidine rings is 1. The Hall–Kier alpha value is -3.14. The van der Waals surface area contributed by atoms with Gasteiger partial charge in [-0.05, 0) is 69.1 Å². The van der Waals surface area contributed by atoms with Gasteiger partial charge < -0.3 is 19.5 Å². The second-order valence-corrected chi connectivity index (χ2v) is 9.73. The number of likely N-dealkylation sites (tertiary alicyclic amines) is 1. The predicted octanol–water partition coefficient (Wildman–Crippen LogP) is 4.55. The first-order chi connectivity index (χ1) is 17.3. The van der Waals surface area contributed by atoms with Crippen LogP contribution in [0.25, 0.3) is 11.1 Å². The van der Waals surface area contributed by atoms with Crippen molar-refractivity contribution in [2.75, 3.05) is 26.3 Å². The number of aliphatic hydroxyl groups excluding tert-OH is 1. The fourth-order valence-corrected chi connectivity index (χ4v) is 4.03. The summed E-state index contributed by atoms with van der Waals surface area (Å²) in [6, 6.07) is 2.30. The monoisotopic (exact) mass is 503 g/mol. The van der Waals surface area contributed by atoms with Gasteiger partial charge in [-0.25, -0.2) is 23.5 Å². The average molecular weight is 504 g/mol. The standard InChI is InChI=1S/C26H31F2N3O5/c1-26(7-8-26)36-25(34)31-9-5-17(6-10-31)16-35-23-20(27)12-18(13-21(23)28)19-14-29-24(30-15-19)22(33)4-2-3-11-32/h12-15,17,32H,2-11,16H2,1H3. The lowest BCUT2D eigenvalue weighted by Gasteiger charge is -2.32. The van der Waals surface area contributed by atoms with Gasteiger partial charge in [0.15, 0.2) is 29.0 Å². The van der Waals surface area contributed by atoms with Crippen molar-refractivity contribution in [2.45, 2.75) is 57.5 Å². The summed E-state index contributed by atoms with van der Waals surface area (Å²) >= 11 is 0. The van der Waals surface area contributed by atoms with Crippen LogP contribution in [0.15, 0.2) is 24.5 Å². The third-order valence-corrected chi connectivity index (χ3v) is 6.67. The van der Waals surface area contributed by atoms with E-state index in [4.69, 9.17) is 14.6 Å². The van der Waals surface area contributed by atoms with Gasteiger partial charge in [-0.1, -0.05) is 0 Å². The van der Waals surface area contributed by atoms with Gasteiger partial charge in [-0.2, -0.15) is 0 Å². The van der Waals surface area contributed by atoms with Gasteiger partial charge in [0.25, 0.3) is 0 Å². The molecule has 1 N–H and O–H groups in total. The molecule has 8 nitrogen and oxygen atoms in total. The average Bonchev–Trinajstić information content (AvgIpc) is 3.60. The molecule has 1 aliphatic carbocycles. The van der Waals surface area contributed by atoms with Crippen molar-refractivity contribution in [1.29, 1.82) is 0 Å². The smallest absolute Gasteiger partial charge is 0.410 e. The maximum atomic E-state index is 14.7. The third kappa shape index (κ3) is 6.54. The van der Waals surface area contributed by atoms with E-state index in [2.05, 4.69) is 9.97 Å². The topological polar surface area (TPSA) is 102 Å². The van der Waals surface area contributed by atoms with Crippen LogP contribution in [-0.2, 0) is 4.74 Å². The number of unbranched alkanes of at least 4 members (excludes halogenated alkanes) is 1. The number of ketones is 1. The summed E-state index contributed by atoms with van der Waals surface area (Å²) < 4.78 is 40.4. The zero-order valence-electron chi connectivity index (χ0n) is 20.3. The minimum Gasteiger partial charge on any atom is -0.487 e. The quantitative estimate of drug-likeness (QED) is 0.375. The van der Waals surface area contributed by atoms with Crippen LogP contribution >= 0.6 is 0 Å². The molecule has 10 heteroatoms. The molecule has 1 aromatic carbocycles. The summed E-state index contributed by atoms with van der Waals surface area (Å²) in [4.78, 5) is 34.0. The molecule has 1 aromatic heterocycles. The molecule has 0 radical (unpaired) electrons. The molecule has 1 aliphatic heterocycles. The number of amides is 1. The summed E-state index contributed by atoms with van der Waals surface area (Å²) in [5, 5.41) is 8.81. The molecule has 0 spiro atoms. The van der Waals surface area contributed by atoms with E-state index in [-0.39, 0.29) is 54.4 Å². The Balaban J connectivity index is 1.30. The molecule has 2 fully saturated rings. The Labute approximate surface area is 208 Å². The van der Waals surface area contributed by atoms with E-state index in [1.165, 1.54) is 12.4 Å². The lowest BCUT2D eigenvalue weighted by Crippen LogP contribution is -2.41. The van der Waals surface area contributed by atoms with Crippen molar-refractivity contribution < 1.29 is 33.0 Å². The number of benzene rings is 1. The molecular weight excluding hydrogens is 472 g/mol. The number of ether oxygens (including phenoxy) is 2. The summed E-state index contributed by atoms with van der Waals surface area (Å²) in [6.45, 7) is 3.12. The molecule has 0 unspecified atom stereocenters. The van der Waals surface area contributed by atoms with Crippen LogP contribution in [0, 0.1) is 17.6 Å². The molecule has 4 rings (SSSR count). The number of carbonyl (C=O) groups is 2. The number of Topliss-reactive ketones (excluding diaryl/α,β-unsaturated/α-hetero) is 1. The molecule has 2 heterocycles. The molecule has 194 valence electrons. The molecule has 1 saturated carbocycles. The van der Waals surface area contributed by atoms with Gasteiger partial charge in [-0.3, -0.25) is 4.79 Å². The maximum Gasteiger partial charge on any atom is 0.410 e. The van der Waals surface area contributed by atoms with Gasteiger partial charge in [0.2, 0.25) is 0 Å². The first-order valence-electron chi connectivity index (χ1n) is 12.3. The summed E-state index contributed by atoms with van der Waals surface area (Å²) in [6.07, 6.45) is 6.78. The highest BCUT2D eigenvalue weighted by Gasteiger charge is 2.43. The van der Waals surface area contributed by atoms with E-state index < -0.39 is 17.4 Å². The van der Waals surface area contributed by atoms with Gasteiger partial charge in [-0.15, -0.1) is 0 Å². The number of aromatic nitrogens is 2. The third-order valence-electron chi connectivity index (χ3n) is 6.67. The van der Waals surface area contributed by atoms with Crippen LogP contribution in [0.4, 0.5) is 13.6 Å². The molecule has 2 aromatic rings. The van der Waals surface area contributed by atoms with Crippen LogP contribution in [-0.4, -0.2) is 63.8 Å². The van der Waals surface area contributed by atoms with Gasteiger partial charge >= 0.3 is 6.09 Å². The Morgan fingerprint density at radius 1 is 1.08 bits per heavy atom. The van der Waals surface area contributed by atoms with E-state index >= 15 is 0 Å². The van der Waals surface area contributed by atoms with E-state index in [0.717, 1.165) is 25.0 Å². The number of hydrogen-bond acceptors (Lipinski definition) is 7. The van der Waals surface area contributed by atoms with Crippen LogP contribution in [0.3, 0.4) is 0 Å². The molecule has 2 aliphatic rings. The van der Waals surface area contributed by atoms with Crippen molar-refractivity contribution in [3.63, 3.8) is 0 Å². The second-order valence-electron chi connectivity index (χ2n) is 9.73. The first kappa shape index (κ1) is 25.9. The minimum atomic E-state index is -0.840. The predicted molar refractivity (Wildman–Crippen MR) is 127 cm³/mol. The lowest BCUT2D eigenvalue weighted by atomic mass is 9.98. The van der Waals surface area contributed by atoms with Crippen molar-refractivity contribution in [2.24, 2.45) is 5.92 Å². The Kier molecular flexibility index (Phi) is 8.13. The van der Waals surface area contributed by atoms with Gasteiger partial charge in [0.05, 0.1) is 6.61 Å². The highest BCUT2D eigenvalue weighted by atomic mass is 19.1. The van der Waals surface area contributed by atoms with Crippen LogP contribution in [0.1, 0.15) is 62.5 Å². The van der Waals surface area contributed by atoms with Crippen molar-refractivity contribution in [3.8, 4) is 16.9 Å². The van der Waals surface area contributed by atoms with E-state index in [9.17, 15) is 18.4 Å². The van der Waals surface area contributed by atoms with Crippen molar-refractivity contribution in [1.82, 2.24) is 14.9 Å². The highest BCUT2D eigenvalue weighted by molar-refractivity contribution is 5.92. The van der Waals surface area contributed by atoms with Crippen LogP contribution < -0.4 is 4.74 Å². The fraction of sp³-hybridized carbons (Fsp3) is 0.538. The highest BCUT2D eigenvalue weighted by Crippen LogP contribution is 2.39. The largest absolute Gasteiger partial charge is 0.487 e. The SMILES string of the molecule is CC1(OC(=O)N2CCC(COc3c(F)cc(-c4cnc(C(=O)CCCCO)nc4)cc3F)CC2)CC1. The molecule has 1 amide bonds. The van der Waals surface area contributed by atoms with Gasteiger partial charge in [0.1, 0.15) is 5.60 Å². The summed E-state index contributed by atoms with van der Waals surface area (Å²) in [5.41, 5.74) is 0.281. The first-order valence-corrected chi connectivity index (χ1v) is 12.3. The summed E-state index contributed by atoms with van der Waals surface area (Å²) in [5.74, 6) is -2.28. The van der Waals surface area contributed by atoms with Gasteiger partial charge in [0, 0.05) is 44.1 Å². The van der Waals surface area contributed by atoms with E-state index in [0.29, 0.717) is 44.3 Å². The number of aliphatic hydroxyl groups is 1. The second kappa shape index (κ2) is 11.3. The molecule has 36 heavy (non-hydrogen) atoms. The molecule has 0 bridgehead atoms. The number of halogens is 2. The summed E-state index contributed by atoms with van der Waals surface area (Å²) in [7, 11) is 0. The molecular formula is C26H31F2N3O5. The number of nitrogens with zero attached hydrogens (tertiary/aromatic N) is 3. The Morgan fingerprint density at radius 2 is 1.72 bits per heavy atom. The zero-order valence-corrected chi connectivity index (χ0v) is 20.3. The fourth-order valence-electron chi connectivity index (χ4n) is 4.03. The lowest BCUT2D eigenvalue weighted by molar-refractivity contribution is 0.0453. The van der Waals surface area contributed by atoms with E-state index in [1.54, 1.807) is 4.90 Å². The normalized spacial score (nSPS) is 17.1. The Morgan fingerprint density at radius 3 is 2.31 bits per heavy atom. The molecule has 0 atom stereocenters. The maximum absolute atomic E-state index is 14.7.